The van der Waals surface area contributed by atoms with Gasteiger partial charge in [0.2, 0.25) is 5.76 Å². The second kappa shape index (κ2) is 6.34. The van der Waals surface area contributed by atoms with Gasteiger partial charge in [-0.15, -0.1) is 0 Å². The van der Waals surface area contributed by atoms with Crippen molar-refractivity contribution in [1.29, 1.82) is 0 Å². The van der Waals surface area contributed by atoms with Crippen molar-refractivity contribution >= 4 is 5.91 Å². The summed E-state index contributed by atoms with van der Waals surface area (Å²) >= 11 is 0. The third-order valence-electron chi connectivity index (χ3n) is 4.65. The number of amides is 1. The quantitative estimate of drug-likeness (QED) is 0.869. The van der Waals surface area contributed by atoms with Crippen molar-refractivity contribution in [3.8, 4) is 0 Å². The van der Waals surface area contributed by atoms with Gasteiger partial charge in [0, 0.05) is 18.7 Å². The number of benzene rings is 1. The van der Waals surface area contributed by atoms with Crippen LogP contribution in [0.5, 0.6) is 0 Å². The number of nitrogens with zero attached hydrogens (tertiary/aromatic N) is 2. The summed E-state index contributed by atoms with van der Waals surface area (Å²) in [6, 6.07) is 12.5. The molecule has 1 aromatic carbocycles. The molecule has 3 rings (SSSR count). The van der Waals surface area contributed by atoms with Crippen molar-refractivity contribution in [1.82, 2.24) is 10.1 Å². The molecule has 1 amide bonds. The van der Waals surface area contributed by atoms with Crippen LogP contribution in [0.2, 0.25) is 0 Å². The molecule has 2 atom stereocenters. The Morgan fingerprint density at radius 1 is 1.36 bits per heavy atom. The molecule has 1 fully saturated rings. The molecule has 22 heavy (non-hydrogen) atoms. The molecule has 0 radical (unpaired) electrons. The van der Waals surface area contributed by atoms with Crippen molar-refractivity contribution in [2.45, 2.75) is 39.2 Å². The fourth-order valence-corrected chi connectivity index (χ4v) is 3.20. The summed E-state index contributed by atoms with van der Waals surface area (Å²) in [6.45, 7) is 4.93. The molecule has 2 heterocycles. The molecule has 0 bridgehead atoms. The predicted octanol–water partition coefficient (Wildman–Crippen LogP) is 3.33. The Morgan fingerprint density at radius 2 is 2.14 bits per heavy atom. The average molecular weight is 298 g/mol. The largest absolute Gasteiger partial charge is 0.351 e. The SMILES string of the molecule is CCc1cc(C(=O)N2CCC(Cc3ccccc3)C2C)on1. The number of carbonyl (C=O) groups is 1. The van der Waals surface area contributed by atoms with Crippen LogP contribution in [0.1, 0.15) is 42.1 Å². The lowest BCUT2D eigenvalue weighted by Crippen LogP contribution is -2.36. The van der Waals surface area contributed by atoms with E-state index in [1.807, 2.05) is 17.9 Å². The van der Waals surface area contributed by atoms with E-state index in [2.05, 4.69) is 36.3 Å². The van der Waals surface area contributed by atoms with E-state index < -0.39 is 0 Å². The van der Waals surface area contributed by atoms with Gasteiger partial charge in [-0.25, -0.2) is 0 Å². The zero-order chi connectivity index (χ0) is 15.5. The molecule has 0 saturated carbocycles. The van der Waals surface area contributed by atoms with E-state index in [-0.39, 0.29) is 11.9 Å². The molecule has 1 saturated heterocycles. The highest BCUT2D eigenvalue weighted by Gasteiger charge is 2.35. The monoisotopic (exact) mass is 298 g/mol. The molecular weight excluding hydrogens is 276 g/mol. The molecule has 0 N–H and O–H groups in total. The Kier molecular flexibility index (Phi) is 4.27. The van der Waals surface area contributed by atoms with Crippen molar-refractivity contribution in [3.05, 3.63) is 53.4 Å². The summed E-state index contributed by atoms with van der Waals surface area (Å²) in [7, 11) is 0. The number of likely N-dealkylation sites (tertiary alicyclic amines) is 1. The predicted molar refractivity (Wildman–Crippen MR) is 84.6 cm³/mol. The first kappa shape index (κ1) is 14.8. The Balaban J connectivity index is 1.67. The molecule has 4 heteroatoms. The molecule has 1 aliphatic heterocycles. The molecule has 2 unspecified atom stereocenters. The van der Waals surface area contributed by atoms with E-state index in [1.165, 1.54) is 5.56 Å². The van der Waals surface area contributed by atoms with E-state index in [0.717, 1.165) is 31.5 Å². The van der Waals surface area contributed by atoms with Gasteiger partial charge in [-0.1, -0.05) is 42.4 Å². The Hall–Kier alpha value is -2.10. The van der Waals surface area contributed by atoms with E-state index in [9.17, 15) is 4.79 Å². The topological polar surface area (TPSA) is 46.3 Å². The van der Waals surface area contributed by atoms with Gasteiger partial charge in [-0.05, 0) is 37.7 Å². The molecule has 1 aromatic heterocycles. The van der Waals surface area contributed by atoms with Gasteiger partial charge in [0.25, 0.3) is 5.91 Å². The van der Waals surface area contributed by atoms with Gasteiger partial charge >= 0.3 is 0 Å². The highest BCUT2D eigenvalue weighted by Crippen LogP contribution is 2.29. The van der Waals surface area contributed by atoms with Crippen LogP contribution in [0.25, 0.3) is 0 Å². The van der Waals surface area contributed by atoms with Gasteiger partial charge in [0.1, 0.15) is 0 Å². The Labute approximate surface area is 131 Å². The molecule has 1 aliphatic rings. The summed E-state index contributed by atoms with van der Waals surface area (Å²) in [5.41, 5.74) is 2.16. The van der Waals surface area contributed by atoms with Crippen molar-refractivity contribution in [2.24, 2.45) is 5.92 Å². The number of rotatable bonds is 4. The fourth-order valence-electron chi connectivity index (χ4n) is 3.20. The Bertz CT molecular complexity index is 636. The lowest BCUT2D eigenvalue weighted by atomic mass is 9.93. The van der Waals surface area contributed by atoms with Gasteiger partial charge in [-0.3, -0.25) is 4.79 Å². The van der Waals surface area contributed by atoms with Crippen LogP contribution in [0.3, 0.4) is 0 Å². The van der Waals surface area contributed by atoms with Crippen LogP contribution >= 0.6 is 0 Å². The minimum absolute atomic E-state index is 0.0322. The van der Waals surface area contributed by atoms with Crippen LogP contribution in [0.4, 0.5) is 0 Å². The molecule has 4 nitrogen and oxygen atoms in total. The summed E-state index contributed by atoms with van der Waals surface area (Å²) in [6.07, 6.45) is 2.84. The van der Waals surface area contributed by atoms with Crippen LogP contribution in [0, 0.1) is 5.92 Å². The summed E-state index contributed by atoms with van der Waals surface area (Å²) in [5, 5.41) is 3.92. The Morgan fingerprint density at radius 3 is 2.82 bits per heavy atom. The van der Waals surface area contributed by atoms with Crippen LogP contribution in [0.15, 0.2) is 40.9 Å². The normalized spacial score (nSPS) is 21.3. The number of hydrogen-bond acceptors (Lipinski definition) is 3. The highest BCUT2D eigenvalue weighted by molar-refractivity contribution is 5.91. The van der Waals surface area contributed by atoms with Crippen LogP contribution in [-0.4, -0.2) is 28.6 Å². The fraction of sp³-hybridized carbons (Fsp3) is 0.444. The maximum absolute atomic E-state index is 12.6. The molecule has 0 aliphatic carbocycles. The van der Waals surface area contributed by atoms with Crippen molar-refractivity contribution in [3.63, 3.8) is 0 Å². The summed E-state index contributed by atoms with van der Waals surface area (Å²) in [5.74, 6) is 0.833. The van der Waals surface area contributed by atoms with Crippen LogP contribution < -0.4 is 0 Å². The maximum Gasteiger partial charge on any atom is 0.292 e. The first-order valence-electron chi connectivity index (χ1n) is 7.99. The smallest absolute Gasteiger partial charge is 0.292 e. The second-order valence-corrected chi connectivity index (χ2v) is 6.01. The minimum atomic E-state index is -0.0322. The van der Waals surface area contributed by atoms with E-state index in [4.69, 9.17) is 4.52 Å². The lowest BCUT2D eigenvalue weighted by molar-refractivity contribution is 0.0690. The lowest BCUT2D eigenvalue weighted by Gasteiger charge is -2.23. The summed E-state index contributed by atoms with van der Waals surface area (Å²) in [4.78, 5) is 14.5. The molecule has 0 spiro atoms. The standard InChI is InChI=1S/C18H22N2O2/c1-3-16-12-17(22-19-16)18(21)20-10-9-15(13(20)2)11-14-7-5-4-6-8-14/h4-8,12-13,15H,3,9-11H2,1-2H3. The maximum atomic E-state index is 12.6. The van der Waals surface area contributed by atoms with Gasteiger partial charge in [0.05, 0.1) is 5.69 Å². The number of aromatic nitrogens is 1. The zero-order valence-corrected chi connectivity index (χ0v) is 13.2. The third kappa shape index (κ3) is 2.91. The molecule has 116 valence electrons. The van der Waals surface area contributed by atoms with Crippen molar-refractivity contribution < 1.29 is 9.32 Å². The zero-order valence-electron chi connectivity index (χ0n) is 13.2. The number of hydrogen-bond donors (Lipinski definition) is 0. The molecule has 2 aromatic rings. The van der Waals surface area contributed by atoms with Gasteiger partial charge < -0.3 is 9.42 Å². The second-order valence-electron chi connectivity index (χ2n) is 6.01. The van der Waals surface area contributed by atoms with Crippen LogP contribution in [-0.2, 0) is 12.8 Å². The minimum Gasteiger partial charge on any atom is -0.351 e. The first-order valence-corrected chi connectivity index (χ1v) is 7.99. The average Bonchev–Trinajstić information content (AvgIpc) is 3.16. The van der Waals surface area contributed by atoms with E-state index in [1.54, 1.807) is 6.07 Å². The summed E-state index contributed by atoms with van der Waals surface area (Å²) < 4.78 is 5.19. The number of carbonyl (C=O) groups excluding carboxylic acids is 1. The van der Waals surface area contributed by atoms with E-state index >= 15 is 0 Å². The first-order chi connectivity index (χ1) is 10.7. The van der Waals surface area contributed by atoms with Gasteiger partial charge in [0.15, 0.2) is 0 Å². The highest BCUT2D eigenvalue weighted by atomic mass is 16.5. The molecular formula is C18H22N2O2. The van der Waals surface area contributed by atoms with Crippen molar-refractivity contribution in [2.75, 3.05) is 6.54 Å². The number of aryl methyl sites for hydroxylation is 1. The van der Waals surface area contributed by atoms with E-state index in [0.29, 0.717) is 11.7 Å². The van der Waals surface area contributed by atoms with Gasteiger partial charge in [-0.2, -0.15) is 0 Å². The third-order valence-corrected chi connectivity index (χ3v) is 4.65.